The molecule has 12 rings (SSSR count). The number of nitrogens with zero attached hydrogens (tertiary/aromatic N) is 6. The Morgan fingerprint density at radius 3 is 0.781 bits per heavy atom. The van der Waals surface area contributed by atoms with Crippen LogP contribution in [0.5, 0.6) is 0 Å². The van der Waals surface area contributed by atoms with E-state index in [9.17, 15) is 0 Å². The van der Waals surface area contributed by atoms with Gasteiger partial charge < -0.3 is 13.7 Å². The molecule has 0 fully saturated rings. The molecule has 0 N–H and O–H groups in total. The quantitative estimate of drug-likeness (QED) is 0.156. The molecule has 0 saturated heterocycles. The molecule has 9 aromatic carbocycles. The molecule has 3 heterocycles. The second kappa shape index (κ2) is 19.4. The number of hydrogen-bond acceptors (Lipinski definition) is 3. The molecule has 0 amide bonds. The van der Waals surface area contributed by atoms with Crippen LogP contribution < -0.4 is 0 Å². The molecule has 12 aromatic rings. The smallest absolute Gasteiger partial charge is 0.333 e. The summed E-state index contributed by atoms with van der Waals surface area (Å²) in [7, 11) is 0. The Morgan fingerprint density at radius 2 is 0.516 bits per heavy atom. The van der Waals surface area contributed by atoms with Crippen molar-refractivity contribution in [3.63, 3.8) is 0 Å². The van der Waals surface area contributed by atoms with Crippen molar-refractivity contribution in [3.05, 3.63) is 255 Å². The van der Waals surface area contributed by atoms with Crippen LogP contribution in [-0.2, 0) is 20.1 Å². The van der Waals surface area contributed by atoms with Crippen molar-refractivity contribution in [2.45, 2.75) is 0 Å². The third-order valence-electron chi connectivity index (χ3n) is 10.6. The van der Waals surface area contributed by atoms with E-state index in [0.29, 0.717) is 0 Å². The molecule has 0 unspecified atom stereocenters. The van der Waals surface area contributed by atoms with Gasteiger partial charge >= 0.3 is 20.1 Å². The Morgan fingerprint density at radius 1 is 0.266 bits per heavy atom. The average molecular weight is 1000 g/mol. The van der Waals surface area contributed by atoms with Crippen LogP contribution in [0.25, 0.3) is 84.3 Å². The molecule has 0 saturated carbocycles. The maximum atomic E-state index is 4.79. The van der Waals surface area contributed by atoms with Gasteiger partial charge in [-0.25, -0.2) is 0 Å². The van der Waals surface area contributed by atoms with Crippen molar-refractivity contribution in [2.24, 2.45) is 0 Å². The topological polar surface area (TPSA) is 53.5 Å². The van der Waals surface area contributed by atoms with Gasteiger partial charge in [0, 0.05) is 17.1 Å². The van der Waals surface area contributed by atoms with Crippen LogP contribution in [0, 0.1) is 18.2 Å². The summed E-state index contributed by atoms with van der Waals surface area (Å²) in [5, 5.41) is 0. The summed E-state index contributed by atoms with van der Waals surface area (Å²) >= 11 is 0. The fourth-order valence-corrected chi connectivity index (χ4v) is 7.73. The van der Waals surface area contributed by atoms with Crippen LogP contribution in [0.3, 0.4) is 0 Å². The summed E-state index contributed by atoms with van der Waals surface area (Å²) in [6.07, 6.45) is 0. The van der Waals surface area contributed by atoms with E-state index in [-0.39, 0.29) is 20.1 Å². The van der Waals surface area contributed by atoms with Gasteiger partial charge in [0.15, 0.2) is 0 Å². The first-order valence-electron chi connectivity index (χ1n) is 20.8. The fraction of sp³-hybridized carbons (Fsp3) is 0. The number of hydrogen-bond donors (Lipinski definition) is 0. The zero-order valence-electron chi connectivity index (χ0n) is 34.5. The predicted octanol–water partition coefficient (Wildman–Crippen LogP) is 13.5. The van der Waals surface area contributed by atoms with Gasteiger partial charge in [0.1, 0.15) is 0 Å². The normalized spacial score (nSPS) is 10.7. The number of fused-ring (bicyclic) bond motifs is 3. The van der Waals surface area contributed by atoms with Gasteiger partial charge in [0.05, 0.1) is 50.6 Å². The third-order valence-corrected chi connectivity index (χ3v) is 10.6. The standard InChI is InChI=1S/3C19H13N2.Ir/c3*1-3-9-15(10-4-1)19-20-17-13-7-8-14-18(17)21(19)16-11-5-2-6-12-16;/h3*1-9,11-14H;/q3*-1;+3. The summed E-state index contributed by atoms with van der Waals surface area (Å²) in [5.41, 5.74) is 12.6. The average Bonchev–Trinajstić information content (AvgIpc) is 4.09. The first-order chi connectivity index (χ1) is 31.3. The summed E-state index contributed by atoms with van der Waals surface area (Å²) in [4.78, 5) is 14.4. The van der Waals surface area contributed by atoms with Gasteiger partial charge in [-0.05, 0) is 72.8 Å². The molecule has 306 valence electrons. The van der Waals surface area contributed by atoms with E-state index in [1.165, 1.54) is 0 Å². The molecular weight excluding hydrogens is 961 g/mol. The summed E-state index contributed by atoms with van der Waals surface area (Å²) in [5.74, 6) is 2.76. The maximum absolute atomic E-state index is 4.79. The minimum Gasteiger partial charge on any atom is -0.333 e. The molecule has 0 bridgehead atoms. The molecule has 0 spiro atoms. The molecule has 7 heteroatoms. The van der Waals surface area contributed by atoms with Crippen LogP contribution >= 0.6 is 0 Å². The minimum absolute atomic E-state index is 0. The second-order valence-electron chi connectivity index (χ2n) is 14.6. The van der Waals surface area contributed by atoms with Crippen LogP contribution in [0.1, 0.15) is 0 Å². The van der Waals surface area contributed by atoms with Gasteiger partial charge in [-0.2, -0.15) is 0 Å². The Hall–Kier alpha value is -7.96. The Labute approximate surface area is 385 Å². The molecule has 0 radical (unpaired) electrons. The van der Waals surface area contributed by atoms with Crippen LogP contribution in [0.15, 0.2) is 237 Å². The summed E-state index contributed by atoms with van der Waals surface area (Å²) < 4.78 is 6.55. The molecular formula is C57H39IrN6. The van der Waals surface area contributed by atoms with E-state index >= 15 is 0 Å². The largest absolute Gasteiger partial charge is 3.00 e. The maximum Gasteiger partial charge on any atom is 3.00 e. The number of rotatable bonds is 6. The minimum atomic E-state index is 0. The summed E-state index contributed by atoms with van der Waals surface area (Å²) in [6, 6.07) is 89.2. The Balaban J connectivity index is 0.000000121. The summed E-state index contributed by atoms with van der Waals surface area (Å²) in [6.45, 7) is 0. The fourth-order valence-electron chi connectivity index (χ4n) is 7.73. The Kier molecular flexibility index (Phi) is 12.5. The van der Waals surface area contributed by atoms with Gasteiger partial charge in [0.25, 0.3) is 0 Å². The van der Waals surface area contributed by atoms with Crippen molar-refractivity contribution in [1.82, 2.24) is 28.7 Å². The number of aromatic nitrogens is 6. The zero-order chi connectivity index (χ0) is 42.2. The SMILES string of the molecule is [Ir+3].[c-]1ccccc1-c1nc2ccccc2n1-c1ccccc1.[c-]1ccccc1-c1nc2ccccc2n1-c1ccccc1.[c-]1ccccc1-c1nc2ccccc2n1-c1ccccc1. The molecule has 0 aliphatic carbocycles. The van der Waals surface area contributed by atoms with E-state index in [4.69, 9.17) is 15.0 Å². The first-order valence-corrected chi connectivity index (χ1v) is 20.8. The van der Waals surface area contributed by atoms with Crippen molar-refractivity contribution in [2.75, 3.05) is 0 Å². The van der Waals surface area contributed by atoms with Crippen molar-refractivity contribution in [1.29, 1.82) is 0 Å². The molecule has 0 aliphatic heterocycles. The van der Waals surface area contributed by atoms with Crippen molar-refractivity contribution in [3.8, 4) is 51.2 Å². The predicted molar refractivity (Wildman–Crippen MR) is 256 cm³/mol. The van der Waals surface area contributed by atoms with Crippen LogP contribution in [0.2, 0.25) is 0 Å². The second-order valence-corrected chi connectivity index (χ2v) is 14.6. The molecule has 6 nitrogen and oxygen atoms in total. The Bertz CT molecular complexity index is 3000. The van der Waals surface area contributed by atoms with E-state index < -0.39 is 0 Å². The van der Waals surface area contributed by atoms with E-state index in [1.807, 2.05) is 182 Å². The van der Waals surface area contributed by atoms with E-state index in [1.54, 1.807) is 0 Å². The number of imidazole rings is 3. The van der Waals surface area contributed by atoms with Gasteiger partial charge in [-0.15, -0.1) is 108 Å². The van der Waals surface area contributed by atoms with Gasteiger partial charge in [-0.3, -0.25) is 15.0 Å². The molecule has 64 heavy (non-hydrogen) atoms. The molecule has 0 atom stereocenters. The third kappa shape index (κ3) is 8.59. The van der Waals surface area contributed by atoms with Crippen LogP contribution in [0.4, 0.5) is 0 Å². The first kappa shape index (κ1) is 41.4. The number of para-hydroxylation sites is 9. The molecule has 3 aromatic heterocycles. The van der Waals surface area contributed by atoms with Crippen molar-refractivity contribution >= 4 is 33.1 Å². The number of benzene rings is 9. The van der Waals surface area contributed by atoms with Crippen LogP contribution in [-0.4, -0.2) is 28.7 Å². The van der Waals surface area contributed by atoms with Gasteiger partial charge in [-0.1, -0.05) is 91.0 Å². The van der Waals surface area contributed by atoms with E-state index in [2.05, 4.69) is 86.5 Å². The zero-order valence-corrected chi connectivity index (χ0v) is 36.9. The monoisotopic (exact) mass is 1000 g/mol. The van der Waals surface area contributed by atoms with Gasteiger partial charge in [0.2, 0.25) is 0 Å². The molecule has 0 aliphatic rings. The van der Waals surface area contributed by atoms with Crippen molar-refractivity contribution < 1.29 is 20.1 Å². The van der Waals surface area contributed by atoms with E-state index in [0.717, 1.165) is 84.3 Å².